The Morgan fingerprint density at radius 3 is 2.78 bits per heavy atom. The lowest BCUT2D eigenvalue weighted by atomic mass is 9.95. The van der Waals surface area contributed by atoms with Crippen LogP contribution < -0.4 is 5.32 Å². The summed E-state index contributed by atoms with van der Waals surface area (Å²) in [6.07, 6.45) is 5.05. The molecule has 1 aromatic carbocycles. The van der Waals surface area contributed by atoms with Gasteiger partial charge < -0.3 is 10.4 Å². The van der Waals surface area contributed by atoms with E-state index in [1.54, 1.807) is 18.2 Å². The number of carbonyl (C=O) groups is 1. The lowest BCUT2D eigenvalue weighted by Crippen LogP contribution is -2.38. The number of benzene rings is 1. The number of phenolic OH excluding ortho intramolecular Hbond substituents is 1. The summed E-state index contributed by atoms with van der Waals surface area (Å²) in [4.78, 5) is 12.2. The molecule has 96 valence electrons. The van der Waals surface area contributed by atoms with Crippen molar-refractivity contribution in [3.63, 3.8) is 0 Å². The van der Waals surface area contributed by atoms with Crippen molar-refractivity contribution in [1.82, 2.24) is 5.32 Å². The van der Waals surface area contributed by atoms with Crippen molar-refractivity contribution in [1.29, 1.82) is 0 Å². The number of amides is 1. The molecule has 0 heterocycles. The molecule has 3 atom stereocenters. The van der Waals surface area contributed by atoms with E-state index in [0.717, 1.165) is 17.9 Å². The van der Waals surface area contributed by atoms with Gasteiger partial charge in [-0.3, -0.25) is 4.79 Å². The van der Waals surface area contributed by atoms with Gasteiger partial charge in [-0.25, -0.2) is 0 Å². The highest BCUT2D eigenvalue weighted by Crippen LogP contribution is 2.44. The van der Waals surface area contributed by atoms with Crippen LogP contribution in [0.25, 0.3) is 0 Å². The first kappa shape index (κ1) is 11.6. The van der Waals surface area contributed by atoms with Gasteiger partial charge in [-0.1, -0.05) is 6.42 Å². The third-order valence-electron chi connectivity index (χ3n) is 4.51. The summed E-state index contributed by atoms with van der Waals surface area (Å²) in [5.41, 5.74) is 1.51. The number of fused-ring (bicyclic) bond motifs is 2. The van der Waals surface area contributed by atoms with Gasteiger partial charge in [0.15, 0.2) is 0 Å². The Morgan fingerprint density at radius 1 is 1.33 bits per heavy atom. The van der Waals surface area contributed by atoms with E-state index in [0.29, 0.717) is 17.5 Å². The Balaban J connectivity index is 1.71. The van der Waals surface area contributed by atoms with Crippen LogP contribution in [0.15, 0.2) is 18.2 Å². The molecule has 3 rings (SSSR count). The van der Waals surface area contributed by atoms with Gasteiger partial charge in [0, 0.05) is 11.6 Å². The van der Waals surface area contributed by atoms with Crippen molar-refractivity contribution < 1.29 is 9.90 Å². The van der Waals surface area contributed by atoms with Crippen LogP contribution in [0, 0.1) is 18.8 Å². The van der Waals surface area contributed by atoms with Gasteiger partial charge in [0.1, 0.15) is 5.75 Å². The normalized spacial score (nSPS) is 29.5. The molecular formula is C15H19NO2. The maximum Gasteiger partial charge on any atom is 0.251 e. The molecule has 1 amide bonds. The summed E-state index contributed by atoms with van der Waals surface area (Å²) < 4.78 is 0. The SMILES string of the molecule is Cc1cc(O)ccc1C(=O)NC1CC2CCC1C2. The molecule has 0 aromatic heterocycles. The van der Waals surface area contributed by atoms with E-state index in [9.17, 15) is 9.90 Å². The Hall–Kier alpha value is -1.51. The van der Waals surface area contributed by atoms with Gasteiger partial charge in [0.25, 0.3) is 5.91 Å². The molecule has 3 nitrogen and oxygen atoms in total. The monoisotopic (exact) mass is 245 g/mol. The van der Waals surface area contributed by atoms with E-state index in [-0.39, 0.29) is 11.7 Å². The molecule has 2 aliphatic carbocycles. The Morgan fingerprint density at radius 2 is 2.17 bits per heavy atom. The maximum absolute atomic E-state index is 12.2. The lowest BCUT2D eigenvalue weighted by Gasteiger charge is -2.23. The molecule has 0 spiro atoms. The molecule has 2 fully saturated rings. The van der Waals surface area contributed by atoms with Crippen LogP contribution in [0.4, 0.5) is 0 Å². The molecule has 18 heavy (non-hydrogen) atoms. The fraction of sp³-hybridized carbons (Fsp3) is 0.533. The molecule has 1 aromatic rings. The fourth-order valence-corrected chi connectivity index (χ4v) is 3.57. The summed E-state index contributed by atoms with van der Waals surface area (Å²) >= 11 is 0. The van der Waals surface area contributed by atoms with E-state index >= 15 is 0 Å². The van der Waals surface area contributed by atoms with Crippen LogP contribution in [-0.4, -0.2) is 17.1 Å². The van der Waals surface area contributed by atoms with Crippen LogP contribution in [0.5, 0.6) is 5.75 Å². The molecule has 2 N–H and O–H groups in total. The van der Waals surface area contributed by atoms with Gasteiger partial charge in [-0.2, -0.15) is 0 Å². The number of rotatable bonds is 2. The molecule has 0 saturated heterocycles. The first-order valence-corrected chi connectivity index (χ1v) is 6.74. The zero-order valence-corrected chi connectivity index (χ0v) is 10.6. The van der Waals surface area contributed by atoms with E-state index in [1.807, 2.05) is 6.92 Å². The van der Waals surface area contributed by atoms with E-state index < -0.39 is 0 Å². The molecule has 2 aliphatic rings. The molecule has 0 radical (unpaired) electrons. The van der Waals surface area contributed by atoms with Crippen molar-refractivity contribution in [2.45, 2.75) is 38.6 Å². The second-order valence-electron chi connectivity index (χ2n) is 5.75. The fourth-order valence-electron chi connectivity index (χ4n) is 3.57. The average Bonchev–Trinajstić information content (AvgIpc) is 2.90. The van der Waals surface area contributed by atoms with Crippen LogP contribution in [-0.2, 0) is 0 Å². The third-order valence-corrected chi connectivity index (χ3v) is 4.51. The highest BCUT2D eigenvalue weighted by molar-refractivity contribution is 5.96. The maximum atomic E-state index is 12.2. The Labute approximate surface area is 107 Å². The second kappa shape index (κ2) is 4.30. The lowest BCUT2D eigenvalue weighted by molar-refractivity contribution is 0.0922. The number of aryl methyl sites for hydroxylation is 1. The predicted octanol–water partition coefficient (Wildman–Crippen LogP) is 2.62. The standard InChI is InChI=1S/C15H19NO2/c1-9-6-12(17)4-5-13(9)15(18)16-14-8-10-2-3-11(14)7-10/h4-6,10-11,14,17H,2-3,7-8H2,1H3,(H,16,18). The molecule has 2 saturated carbocycles. The zero-order valence-electron chi connectivity index (χ0n) is 10.6. The summed E-state index contributed by atoms with van der Waals surface area (Å²) in [6, 6.07) is 5.27. The quantitative estimate of drug-likeness (QED) is 0.841. The van der Waals surface area contributed by atoms with Gasteiger partial charge in [-0.05, 0) is 61.8 Å². The largest absolute Gasteiger partial charge is 0.508 e. The number of hydrogen-bond acceptors (Lipinski definition) is 2. The number of phenols is 1. The molecule has 0 aliphatic heterocycles. The first-order valence-electron chi connectivity index (χ1n) is 6.74. The van der Waals surface area contributed by atoms with E-state index in [4.69, 9.17) is 0 Å². The number of aromatic hydroxyl groups is 1. The van der Waals surface area contributed by atoms with Crippen molar-refractivity contribution in [3.05, 3.63) is 29.3 Å². The first-order chi connectivity index (χ1) is 8.63. The summed E-state index contributed by atoms with van der Waals surface area (Å²) in [7, 11) is 0. The second-order valence-corrected chi connectivity index (χ2v) is 5.75. The Bertz CT molecular complexity index is 483. The minimum Gasteiger partial charge on any atom is -0.508 e. The topological polar surface area (TPSA) is 49.3 Å². The summed E-state index contributed by atoms with van der Waals surface area (Å²) in [6.45, 7) is 1.86. The molecular weight excluding hydrogens is 226 g/mol. The zero-order chi connectivity index (χ0) is 12.7. The minimum absolute atomic E-state index is 0.00468. The van der Waals surface area contributed by atoms with E-state index in [1.165, 1.54) is 19.3 Å². The van der Waals surface area contributed by atoms with Crippen LogP contribution in [0.1, 0.15) is 41.6 Å². The van der Waals surface area contributed by atoms with Crippen molar-refractivity contribution >= 4 is 5.91 Å². The number of carbonyl (C=O) groups excluding carboxylic acids is 1. The van der Waals surface area contributed by atoms with Crippen molar-refractivity contribution in [3.8, 4) is 5.75 Å². The number of nitrogens with one attached hydrogen (secondary N) is 1. The predicted molar refractivity (Wildman–Crippen MR) is 69.5 cm³/mol. The smallest absolute Gasteiger partial charge is 0.251 e. The Kier molecular flexibility index (Phi) is 2.77. The van der Waals surface area contributed by atoms with Crippen LogP contribution in [0.3, 0.4) is 0 Å². The van der Waals surface area contributed by atoms with Crippen molar-refractivity contribution in [2.24, 2.45) is 11.8 Å². The van der Waals surface area contributed by atoms with Crippen LogP contribution in [0.2, 0.25) is 0 Å². The molecule has 3 heteroatoms. The summed E-state index contributed by atoms with van der Waals surface area (Å²) in [5, 5.41) is 12.5. The number of hydrogen-bond donors (Lipinski definition) is 2. The third kappa shape index (κ3) is 1.98. The van der Waals surface area contributed by atoms with Crippen molar-refractivity contribution in [2.75, 3.05) is 0 Å². The van der Waals surface area contributed by atoms with Gasteiger partial charge in [0.2, 0.25) is 0 Å². The highest BCUT2D eigenvalue weighted by Gasteiger charge is 2.40. The van der Waals surface area contributed by atoms with Gasteiger partial charge >= 0.3 is 0 Å². The van der Waals surface area contributed by atoms with E-state index in [2.05, 4.69) is 5.32 Å². The van der Waals surface area contributed by atoms with Crippen LogP contribution >= 0.6 is 0 Å². The molecule has 3 unspecified atom stereocenters. The van der Waals surface area contributed by atoms with Gasteiger partial charge in [-0.15, -0.1) is 0 Å². The minimum atomic E-state index is 0.00468. The highest BCUT2D eigenvalue weighted by atomic mass is 16.3. The average molecular weight is 245 g/mol. The summed E-state index contributed by atoms with van der Waals surface area (Å²) in [5.74, 6) is 1.74. The molecule has 2 bridgehead atoms. The van der Waals surface area contributed by atoms with Gasteiger partial charge in [0.05, 0.1) is 0 Å².